The van der Waals surface area contributed by atoms with E-state index in [1.54, 1.807) is 19.1 Å². The predicted octanol–water partition coefficient (Wildman–Crippen LogP) is 1.93. The largest absolute Gasteiger partial charge is 0.228 e. The van der Waals surface area contributed by atoms with Crippen LogP contribution in [0.3, 0.4) is 0 Å². The summed E-state index contributed by atoms with van der Waals surface area (Å²) in [6.45, 7) is 3.47. The summed E-state index contributed by atoms with van der Waals surface area (Å²) in [6.07, 6.45) is 0. The van der Waals surface area contributed by atoms with Crippen LogP contribution in [-0.2, 0) is 9.84 Å². The van der Waals surface area contributed by atoms with Gasteiger partial charge in [0.1, 0.15) is 5.25 Å². The van der Waals surface area contributed by atoms with E-state index in [0.717, 1.165) is 11.1 Å². The van der Waals surface area contributed by atoms with E-state index < -0.39 is 26.4 Å². The number of aryl methyl sites for hydroxylation is 1. The third-order valence-corrected chi connectivity index (χ3v) is 5.95. The van der Waals surface area contributed by atoms with Crippen molar-refractivity contribution < 1.29 is 8.42 Å². The van der Waals surface area contributed by atoms with Gasteiger partial charge in [-0.05, 0) is 12.5 Å². The summed E-state index contributed by atoms with van der Waals surface area (Å²) < 4.78 is 24.1. The zero-order valence-corrected chi connectivity index (χ0v) is 11.6. The molecule has 0 aromatic heterocycles. The van der Waals surface area contributed by atoms with Crippen LogP contribution >= 0.6 is 0 Å². The normalized spacial score (nSPS) is 24.2. The Hall–Kier alpha value is -1.85. The topological polar surface area (TPSA) is 81.7 Å². The second kappa shape index (κ2) is 4.36. The van der Waals surface area contributed by atoms with E-state index in [1.807, 2.05) is 31.2 Å². The van der Waals surface area contributed by atoms with Gasteiger partial charge in [0, 0.05) is 11.7 Å². The minimum atomic E-state index is -3.41. The van der Waals surface area contributed by atoms with Crippen molar-refractivity contribution in [3.05, 3.63) is 35.4 Å². The summed E-state index contributed by atoms with van der Waals surface area (Å²) >= 11 is 0. The quantitative estimate of drug-likeness (QED) is 0.843. The Morgan fingerprint density at radius 3 is 2.16 bits per heavy atom. The van der Waals surface area contributed by atoms with E-state index >= 15 is 0 Å². The van der Waals surface area contributed by atoms with Crippen molar-refractivity contribution in [2.75, 3.05) is 5.75 Å². The predicted molar refractivity (Wildman–Crippen MR) is 70.8 cm³/mol. The maximum Gasteiger partial charge on any atom is 0.169 e. The second-order valence-electron chi connectivity index (χ2n) is 4.85. The standard InChI is InChI=1S/C14H14N2O2S/c1-3-19(17,18)13-12(14(13,8-15)9-16)11-6-4-10(2)5-7-11/h4-7,12-13H,3H2,1-2H3/t12-,13-/m0/s1. The molecule has 1 aromatic carbocycles. The highest BCUT2D eigenvalue weighted by Crippen LogP contribution is 2.62. The van der Waals surface area contributed by atoms with E-state index in [2.05, 4.69) is 0 Å². The molecule has 0 aliphatic heterocycles. The molecule has 2 atom stereocenters. The molecule has 1 saturated carbocycles. The van der Waals surface area contributed by atoms with Crippen molar-refractivity contribution in [3.8, 4) is 12.1 Å². The van der Waals surface area contributed by atoms with Gasteiger partial charge in [0.2, 0.25) is 0 Å². The molecule has 98 valence electrons. The Balaban J connectivity index is 2.50. The fraction of sp³-hybridized carbons (Fsp3) is 0.429. The highest BCUT2D eigenvalue weighted by atomic mass is 32.2. The molecule has 0 N–H and O–H groups in total. The number of nitriles is 2. The molecule has 1 fully saturated rings. The van der Waals surface area contributed by atoms with Crippen molar-refractivity contribution in [2.24, 2.45) is 5.41 Å². The fourth-order valence-electron chi connectivity index (χ4n) is 2.53. The van der Waals surface area contributed by atoms with Crippen LogP contribution in [0.2, 0.25) is 0 Å². The van der Waals surface area contributed by atoms with Crippen LogP contribution in [0.5, 0.6) is 0 Å². The van der Waals surface area contributed by atoms with Crippen molar-refractivity contribution >= 4 is 9.84 Å². The zero-order chi connectivity index (χ0) is 14.3. The van der Waals surface area contributed by atoms with Crippen LogP contribution in [0.15, 0.2) is 24.3 Å². The highest BCUT2D eigenvalue weighted by molar-refractivity contribution is 7.92. The lowest BCUT2D eigenvalue weighted by molar-refractivity contribution is 0.592. The molecule has 1 aromatic rings. The molecule has 1 aliphatic rings. The smallest absolute Gasteiger partial charge is 0.169 e. The molecule has 0 amide bonds. The fourth-order valence-corrected chi connectivity index (χ4v) is 4.41. The van der Waals surface area contributed by atoms with Crippen LogP contribution in [0.25, 0.3) is 0 Å². The minimum absolute atomic E-state index is 0.0505. The minimum Gasteiger partial charge on any atom is -0.228 e. The number of nitrogens with zero attached hydrogens (tertiary/aromatic N) is 2. The monoisotopic (exact) mass is 274 g/mol. The third kappa shape index (κ3) is 1.91. The first-order valence-electron chi connectivity index (χ1n) is 6.03. The molecule has 0 radical (unpaired) electrons. The molecule has 19 heavy (non-hydrogen) atoms. The summed E-state index contributed by atoms with van der Waals surface area (Å²) in [5.74, 6) is -0.585. The van der Waals surface area contributed by atoms with E-state index in [0.29, 0.717) is 0 Å². The van der Waals surface area contributed by atoms with Crippen molar-refractivity contribution in [2.45, 2.75) is 25.0 Å². The Morgan fingerprint density at radius 2 is 1.74 bits per heavy atom. The second-order valence-corrected chi connectivity index (χ2v) is 7.26. The molecule has 0 bridgehead atoms. The maximum absolute atomic E-state index is 12.0. The van der Waals surface area contributed by atoms with Crippen LogP contribution in [0, 0.1) is 35.0 Å². The van der Waals surface area contributed by atoms with Gasteiger partial charge < -0.3 is 0 Å². The SMILES string of the molecule is CCS(=O)(=O)[C@H]1[C@H](c2ccc(C)cc2)C1(C#N)C#N. The molecule has 0 saturated heterocycles. The van der Waals surface area contributed by atoms with Gasteiger partial charge in [-0.3, -0.25) is 0 Å². The first-order chi connectivity index (χ1) is 8.93. The van der Waals surface area contributed by atoms with E-state index in [9.17, 15) is 18.9 Å². The summed E-state index contributed by atoms with van der Waals surface area (Å²) in [4.78, 5) is 0. The summed E-state index contributed by atoms with van der Waals surface area (Å²) in [6, 6.07) is 11.2. The van der Waals surface area contributed by atoms with Crippen molar-refractivity contribution in [1.82, 2.24) is 0 Å². The van der Waals surface area contributed by atoms with Gasteiger partial charge in [-0.1, -0.05) is 36.8 Å². The molecule has 4 nitrogen and oxygen atoms in total. The molecular formula is C14H14N2O2S. The molecular weight excluding hydrogens is 260 g/mol. The lowest BCUT2D eigenvalue weighted by atomic mass is 10.0. The Labute approximate surface area is 113 Å². The number of hydrogen-bond donors (Lipinski definition) is 0. The molecule has 0 unspecified atom stereocenters. The van der Waals surface area contributed by atoms with Crippen LogP contribution in [0.4, 0.5) is 0 Å². The van der Waals surface area contributed by atoms with Gasteiger partial charge in [0.25, 0.3) is 0 Å². The summed E-state index contributed by atoms with van der Waals surface area (Å²) in [5, 5.41) is 17.6. The van der Waals surface area contributed by atoms with Gasteiger partial charge in [0.15, 0.2) is 15.3 Å². The van der Waals surface area contributed by atoms with Gasteiger partial charge >= 0.3 is 0 Å². The van der Waals surface area contributed by atoms with Gasteiger partial charge in [0.05, 0.1) is 12.1 Å². The first kappa shape index (κ1) is 13.6. The van der Waals surface area contributed by atoms with E-state index in [-0.39, 0.29) is 5.75 Å². The molecule has 0 heterocycles. The molecule has 5 heteroatoms. The van der Waals surface area contributed by atoms with Crippen LogP contribution < -0.4 is 0 Å². The third-order valence-electron chi connectivity index (χ3n) is 3.73. The number of benzene rings is 1. The van der Waals surface area contributed by atoms with Crippen LogP contribution in [0.1, 0.15) is 24.0 Å². The number of rotatable bonds is 3. The maximum atomic E-state index is 12.0. The van der Waals surface area contributed by atoms with E-state index in [4.69, 9.17) is 0 Å². The average molecular weight is 274 g/mol. The highest BCUT2D eigenvalue weighted by Gasteiger charge is 2.72. The Morgan fingerprint density at radius 1 is 1.21 bits per heavy atom. The summed E-state index contributed by atoms with van der Waals surface area (Å²) in [7, 11) is -3.41. The average Bonchev–Trinajstić information content (AvgIpc) is 3.10. The van der Waals surface area contributed by atoms with Crippen LogP contribution in [-0.4, -0.2) is 19.4 Å². The van der Waals surface area contributed by atoms with Crippen molar-refractivity contribution in [1.29, 1.82) is 10.5 Å². The zero-order valence-electron chi connectivity index (χ0n) is 10.8. The molecule has 2 rings (SSSR count). The Bertz CT molecular complexity index is 664. The summed E-state index contributed by atoms with van der Waals surface area (Å²) in [5.41, 5.74) is 0.374. The molecule has 0 spiro atoms. The number of sulfone groups is 1. The molecule has 1 aliphatic carbocycles. The lowest BCUT2D eigenvalue weighted by Crippen LogP contribution is -2.15. The Kier molecular flexibility index (Phi) is 3.12. The van der Waals surface area contributed by atoms with Crippen molar-refractivity contribution in [3.63, 3.8) is 0 Å². The number of hydrogen-bond acceptors (Lipinski definition) is 4. The van der Waals surface area contributed by atoms with E-state index in [1.165, 1.54) is 0 Å². The van der Waals surface area contributed by atoms with Gasteiger partial charge in [-0.15, -0.1) is 0 Å². The lowest BCUT2D eigenvalue weighted by Gasteiger charge is -2.00. The first-order valence-corrected chi connectivity index (χ1v) is 7.75. The van der Waals surface area contributed by atoms with Gasteiger partial charge in [-0.25, -0.2) is 8.42 Å². The van der Waals surface area contributed by atoms with Gasteiger partial charge in [-0.2, -0.15) is 10.5 Å².